The number of hydrogen-bond acceptors (Lipinski definition) is 4. The molecule has 4 N–H and O–H groups in total. The molecule has 6 heteroatoms. The van der Waals surface area contributed by atoms with E-state index in [0.29, 0.717) is 12.1 Å². The SMILES string of the molecule is Cc1n[nH]c(C)c1NCc1cc(C(N)=O)cs1. The fraction of sp³-hybridized carbons (Fsp3) is 0.273. The largest absolute Gasteiger partial charge is 0.377 e. The number of thiophene rings is 1. The number of nitrogens with one attached hydrogen (secondary N) is 2. The molecule has 0 aliphatic heterocycles. The lowest BCUT2D eigenvalue weighted by Crippen LogP contribution is -2.09. The molecule has 0 aliphatic rings. The maximum absolute atomic E-state index is 10.9. The number of anilines is 1. The van der Waals surface area contributed by atoms with Crippen LogP contribution < -0.4 is 11.1 Å². The van der Waals surface area contributed by atoms with Crippen molar-refractivity contribution in [3.05, 3.63) is 33.3 Å². The summed E-state index contributed by atoms with van der Waals surface area (Å²) in [6.07, 6.45) is 0. The Morgan fingerprint density at radius 2 is 2.35 bits per heavy atom. The molecule has 0 saturated carbocycles. The number of aromatic nitrogens is 2. The fourth-order valence-electron chi connectivity index (χ4n) is 1.59. The lowest BCUT2D eigenvalue weighted by molar-refractivity contribution is 0.100. The van der Waals surface area contributed by atoms with Crippen molar-refractivity contribution in [2.75, 3.05) is 5.32 Å². The molecule has 5 nitrogen and oxygen atoms in total. The van der Waals surface area contributed by atoms with Crippen molar-refractivity contribution in [3.63, 3.8) is 0 Å². The van der Waals surface area contributed by atoms with Gasteiger partial charge in [-0.25, -0.2) is 0 Å². The minimum Gasteiger partial charge on any atom is -0.377 e. The number of amides is 1. The van der Waals surface area contributed by atoms with Crippen LogP contribution in [0.5, 0.6) is 0 Å². The van der Waals surface area contributed by atoms with Crippen LogP contribution in [0.3, 0.4) is 0 Å². The topological polar surface area (TPSA) is 83.8 Å². The second-order valence-corrected chi connectivity index (χ2v) is 4.82. The summed E-state index contributed by atoms with van der Waals surface area (Å²) in [5.74, 6) is -0.386. The number of rotatable bonds is 4. The average molecular weight is 250 g/mol. The Hall–Kier alpha value is -1.82. The highest BCUT2D eigenvalue weighted by atomic mass is 32.1. The van der Waals surface area contributed by atoms with Gasteiger partial charge in [-0.15, -0.1) is 11.3 Å². The van der Waals surface area contributed by atoms with Gasteiger partial charge in [-0.1, -0.05) is 0 Å². The predicted molar refractivity (Wildman–Crippen MR) is 68.2 cm³/mol. The molecular formula is C11H14N4OS. The number of hydrogen-bond donors (Lipinski definition) is 3. The summed E-state index contributed by atoms with van der Waals surface area (Å²) in [6.45, 7) is 4.57. The third kappa shape index (κ3) is 2.47. The molecule has 0 radical (unpaired) electrons. The zero-order valence-electron chi connectivity index (χ0n) is 9.70. The van der Waals surface area contributed by atoms with E-state index in [1.54, 1.807) is 5.38 Å². The molecule has 0 unspecified atom stereocenters. The number of carbonyl (C=O) groups is 1. The molecule has 0 bridgehead atoms. The number of aromatic amines is 1. The quantitative estimate of drug-likeness (QED) is 0.773. The molecule has 2 aromatic rings. The normalized spacial score (nSPS) is 10.5. The van der Waals surface area contributed by atoms with E-state index < -0.39 is 0 Å². The van der Waals surface area contributed by atoms with Gasteiger partial charge in [-0.2, -0.15) is 5.10 Å². The first-order valence-electron chi connectivity index (χ1n) is 5.20. The van der Waals surface area contributed by atoms with E-state index in [-0.39, 0.29) is 5.91 Å². The van der Waals surface area contributed by atoms with Crippen molar-refractivity contribution < 1.29 is 4.79 Å². The molecule has 0 aromatic carbocycles. The summed E-state index contributed by atoms with van der Waals surface area (Å²) in [5, 5.41) is 12.1. The lowest BCUT2D eigenvalue weighted by Gasteiger charge is -2.03. The highest BCUT2D eigenvalue weighted by Gasteiger charge is 2.08. The van der Waals surface area contributed by atoms with Crippen molar-refractivity contribution in [2.45, 2.75) is 20.4 Å². The molecule has 0 spiro atoms. The summed E-state index contributed by atoms with van der Waals surface area (Å²) in [4.78, 5) is 12.0. The maximum atomic E-state index is 10.9. The van der Waals surface area contributed by atoms with Gasteiger partial charge in [-0.05, 0) is 19.9 Å². The van der Waals surface area contributed by atoms with E-state index in [9.17, 15) is 4.79 Å². The Morgan fingerprint density at radius 3 is 2.88 bits per heavy atom. The Kier molecular flexibility index (Phi) is 3.14. The van der Waals surface area contributed by atoms with E-state index in [4.69, 9.17) is 5.73 Å². The highest BCUT2D eigenvalue weighted by Crippen LogP contribution is 2.20. The molecule has 0 fully saturated rings. The van der Waals surface area contributed by atoms with Crippen LogP contribution in [0.2, 0.25) is 0 Å². The Bertz CT molecular complexity index is 524. The van der Waals surface area contributed by atoms with Crippen LogP contribution in [0.4, 0.5) is 5.69 Å². The highest BCUT2D eigenvalue weighted by molar-refractivity contribution is 7.10. The van der Waals surface area contributed by atoms with Crippen molar-refractivity contribution in [2.24, 2.45) is 5.73 Å². The molecule has 0 saturated heterocycles. The van der Waals surface area contributed by atoms with Crippen LogP contribution in [0.1, 0.15) is 26.6 Å². The van der Waals surface area contributed by atoms with Crippen molar-refractivity contribution in [3.8, 4) is 0 Å². The third-order valence-electron chi connectivity index (χ3n) is 2.51. The number of nitrogens with two attached hydrogens (primary N) is 1. The van der Waals surface area contributed by atoms with Crippen LogP contribution in [0.25, 0.3) is 0 Å². The number of H-pyrrole nitrogens is 1. The molecule has 17 heavy (non-hydrogen) atoms. The van der Waals surface area contributed by atoms with Gasteiger partial charge in [0.1, 0.15) is 0 Å². The lowest BCUT2D eigenvalue weighted by atomic mass is 10.3. The first-order valence-corrected chi connectivity index (χ1v) is 6.08. The summed E-state index contributed by atoms with van der Waals surface area (Å²) in [6, 6.07) is 1.81. The Labute approximate surface area is 103 Å². The smallest absolute Gasteiger partial charge is 0.249 e. The molecule has 2 heterocycles. The first-order chi connectivity index (χ1) is 8.08. The first kappa shape index (κ1) is 11.7. The molecule has 0 aliphatic carbocycles. The van der Waals surface area contributed by atoms with Gasteiger partial charge in [0.15, 0.2) is 0 Å². The van der Waals surface area contributed by atoms with Crippen molar-refractivity contribution in [1.29, 1.82) is 0 Å². The summed E-state index contributed by atoms with van der Waals surface area (Å²) in [5.41, 5.74) is 8.72. The monoisotopic (exact) mass is 250 g/mol. The zero-order valence-corrected chi connectivity index (χ0v) is 10.5. The summed E-state index contributed by atoms with van der Waals surface area (Å²) in [7, 11) is 0. The second-order valence-electron chi connectivity index (χ2n) is 3.83. The average Bonchev–Trinajstić information content (AvgIpc) is 2.85. The van der Waals surface area contributed by atoms with Gasteiger partial charge in [-0.3, -0.25) is 9.89 Å². The van der Waals surface area contributed by atoms with Gasteiger partial charge in [0, 0.05) is 16.8 Å². The molecule has 0 atom stereocenters. The Balaban J connectivity index is 2.05. The summed E-state index contributed by atoms with van der Waals surface area (Å²) < 4.78 is 0. The number of nitrogens with zero attached hydrogens (tertiary/aromatic N) is 1. The molecule has 2 rings (SSSR count). The number of carbonyl (C=O) groups excluding carboxylic acids is 1. The van der Waals surface area contributed by atoms with E-state index >= 15 is 0 Å². The minimum atomic E-state index is -0.386. The second kappa shape index (κ2) is 4.58. The van der Waals surface area contributed by atoms with Crippen molar-refractivity contribution in [1.82, 2.24) is 10.2 Å². The van der Waals surface area contributed by atoms with Crippen LogP contribution >= 0.6 is 11.3 Å². The zero-order chi connectivity index (χ0) is 12.4. The van der Waals surface area contributed by atoms with E-state index in [2.05, 4.69) is 15.5 Å². The molecule has 2 aromatic heterocycles. The van der Waals surface area contributed by atoms with Crippen LogP contribution in [-0.4, -0.2) is 16.1 Å². The summed E-state index contributed by atoms with van der Waals surface area (Å²) >= 11 is 1.52. The van der Waals surface area contributed by atoms with Gasteiger partial charge < -0.3 is 11.1 Å². The fourth-order valence-corrected chi connectivity index (χ4v) is 2.40. The van der Waals surface area contributed by atoms with Gasteiger partial charge >= 0.3 is 0 Å². The maximum Gasteiger partial charge on any atom is 0.249 e. The molecule has 1 amide bonds. The number of primary amides is 1. The standard InChI is InChI=1S/C11H14N4OS/c1-6-10(7(2)15-14-6)13-4-9-3-8(5-17-9)11(12)16/h3,5,13H,4H2,1-2H3,(H2,12,16)(H,14,15). The predicted octanol–water partition coefficient (Wildman–Crippen LogP) is 1.80. The van der Waals surface area contributed by atoms with Crippen molar-refractivity contribution >= 4 is 22.9 Å². The molecular weight excluding hydrogens is 236 g/mol. The van der Waals surface area contributed by atoms with E-state index in [1.807, 2.05) is 19.9 Å². The third-order valence-corrected chi connectivity index (χ3v) is 3.44. The van der Waals surface area contributed by atoms with Crippen LogP contribution in [-0.2, 0) is 6.54 Å². The Morgan fingerprint density at radius 1 is 1.59 bits per heavy atom. The number of aryl methyl sites for hydroxylation is 2. The van der Waals surface area contributed by atoms with Crippen LogP contribution in [0, 0.1) is 13.8 Å². The van der Waals surface area contributed by atoms with E-state index in [1.165, 1.54) is 11.3 Å². The van der Waals surface area contributed by atoms with Gasteiger partial charge in [0.25, 0.3) is 0 Å². The minimum absolute atomic E-state index is 0.386. The van der Waals surface area contributed by atoms with Crippen LogP contribution in [0.15, 0.2) is 11.4 Å². The van der Waals surface area contributed by atoms with E-state index in [0.717, 1.165) is 22.0 Å². The van der Waals surface area contributed by atoms with Gasteiger partial charge in [0.2, 0.25) is 5.91 Å². The van der Waals surface area contributed by atoms with Gasteiger partial charge in [0.05, 0.1) is 22.6 Å². The molecule has 90 valence electrons.